The highest BCUT2D eigenvalue weighted by Crippen LogP contribution is 2.23. The molecule has 0 aromatic carbocycles. The molecule has 0 N–H and O–H groups in total. The van der Waals surface area contributed by atoms with Crippen molar-refractivity contribution < 1.29 is 9.21 Å². The van der Waals surface area contributed by atoms with Gasteiger partial charge in [0.2, 0.25) is 0 Å². The van der Waals surface area contributed by atoms with E-state index in [2.05, 4.69) is 21.8 Å². The quantitative estimate of drug-likeness (QED) is 0.836. The largest absolute Gasteiger partial charge is 0.454 e. The minimum Gasteiger partial charge on any atom is -0.454 e. The number of hydrogen-bond donors (Lipinski definition) is 0. The monoisotopic (exact) mass is 360 g/mol. The maximum Gasteiger partial charge on any atom is 0.289 e. The van der Waals surface area contributed by atoms with Gasteiger partial charge in [-0.25, -0.2) is 0 Å². The first-order valence-electron chi connectivity index (χ1n) is 8.97. The van der Waals surface area contributed by atoms with E-state index < -0.39 is 0 Å². The molecule has 0 unspecified atom stereocenters. The zero-order chi connectivity index (χ0) is 17.1. The number of nitrogens with zero attached hydrogens (tertiary/aromatic N) is 4. The molecule has 7 heteroatoms. The number of thioether (sulfide) groups is 1. The van der Waals surface area contributed by atoms with Crippen molar-refractivity contribution >= 4 is 17.7 Å². The molecule has 1 amide bonds. The summed E-state index contributed by atoms with van der Waals surface area (Å²) in [5.41, 5.74) is 0. The fraction of sp³-hybridized carbons (Fsp3) is 0.556. The van der Waals surface area contributed by atoms with Crippen LogP contribution in [0.15, 0.2) is 35.0 Å². The smallest absolute Gasteiger partial charge is 0.289 e. The van der Waals surface area contributed by atoms with Crippen LogP contribution < -0.4 is 0 Å². The van der Waals surface area contributed by atoms with E-state index >= 15 is 0 Å². The highest BCUT2D eigenvalue weighted by molar-refractivity contribution is 7.99. The second-order valence-corrected chi connectivity index (χ2v) is 7.87. The maximum absolute atomic E-state index is 12.7. The molecule has 0 aliphatic carbocycles. The van der Waals surface area contributed by atoms with Gasteiger partial charge in [-0.15, -0.1) is 0 Å². The molecule has 2 aromatic heterocycles. The lowest BCUT2D eigenvalue weighted by Crippen LogP contribution is -2.52. The van der Waals surface area contributed by atoms with Crippen LogP contribution in [-0.4, -0.2) is 69.2 Å². The number of rotatable bonds is 4. The summed E-state index contributed by atoms with van der Waals surface area (Å²) in [7, 11) is 0. The number of aromatic nitrogens is 2. The number of amides is 1. The molecule has 2 aromatic rings. The summed E-state index contributed by atoms with van der Waals surface area (Å²) in [6.07, 6.45) is 6.19. The van der Waals surface area contributed by atoms with Gasteiger partial charge >= 0.3 is 0 Å². The second-order valence-electron chi connectivity index (χ2n) is 6.64. The molecule has 0 bridgehead atoms. The van der Waals surface area contributed by atoms with Crippen molar-refractivity contribution in [2.75, 3.05) is 37.7 Å². The maximum atomic E-state index is 12.7. The predicted molar refractivity (Wildman–Crippen MR) is 97.9 cm³/mol. The number of carbonyl (C=O) groups excluding carboxylic acids is 1. The van der Waals surface area contributed by atoms with Crippen LogP contribution in [0.4, 0.5) is 0 Å². The first kappa shape index (κ1) is 16.7. The van der Waals surface area contributed by atoms with Crippen molar-refractivity contribution in [3.8, 4) is 0 Å². The Bertz CT molecular complexity index is 686. The predicted octanol–water partition coefficient (Wildman–Crippen LogP) is 2.18. The van der Waals surface area contributed by atoms with Gasteiger partial charge in [0, 0.05) is 44.6 Å². The molecule has 0 atom stereocenters. The average Bonchev–Trinajstić information content (AvgIpc) is 3.35. The first-order chi connectivity index (χ1) is 12.3. The minimum atomic E-state index is 0.00515. The van der Waals surface area contributed by atoms with Crippen molar-refractivity contribution in [1.29, 1.82) is 0 Å². The van der Waals surface area contributed by atoms with Gasteiger partial charge in [0.25, 0.3) is 5.91 Å². The van der Waals surface area contributed by atoms with Crippen LogP contribution >= 0.6 is 11.8 Å². The molecular weight excluding hydrogens is 336 g/mol. The third kappa shape index (κ3) is 3.93. The van der Waals surface area contributed by atoms with Gasteiger partial charge in [0.1, 0.15) is 5.76 Å². The lowest BCUT2D eigenvalue weighted by molar-refractivity contribution is 0.0529. The van der Waals surface area contributed by atoms with E-state index in [0.717, 1.165) is 31.9 Å². The molecule has 2 fully saturated rings. The van der Waals surface area contributed by atoms with Crippen molar-refractivity contribution in [1.82, 2.24) is 19.6 Å². The summed E-state index contributed by atoms with van der Waals surface area (Å²) < 4.78 is 7.53. The average molecular weight is 360 g/mol. The molecule has 2 saturated heterocycles. The van der Waals surface area contributed by atoms with Crippen LogP contribution in [0.1, 0.15) is 29.2 Å². The van der Waals surface area contributed by atoms with Gasteiger partial charge in [-0.2, -0.15) is 16.9 Å². The van der Waals surface area contributed by atoms with E-state index in [1.807, 2.05) is 23.2 Å². The summed E-state index contributed by atoms with van der Waals surface area (Å²) in [6.45, 7) is 4.08. The highest BCUT2D eigenvalue weighted by atomic mass is 32.2. The van der Waals surface area contributed by atoms with Crippen LogP contribution in [0, 0.1) is 0 Å². The molecule has 4 rings (SSSR count). The third-order valence-electron chi connectivity index (χ3n) is 5.06. The Morgan fingerprint density at radius 2 is 2.00 bits per heavy atom. The molecule has 6 nitrogen and oxygen atoms in total. The molecule has 2 aliphatic rings. The summed E-state index contributed by atoms with van der Waals surface area (Å²) in [5.74, 6) is 3.74. The number of piperazine rings is 1. The Labute approximate surface area is 152 Å². The topological polar surface area (TPSA) is 54.5 Å². The summed E-state index contributed by atoms with van der Waals surface area (Å²) >= 11 is 2.06. The molecule has 0 radical (unpaired) electrons. The summed E-state index contributed by atoms with van der Waals surface area (Å²) in [5, 5.41) is 4.16. The molecule has 134 valence electrons. The Morgan fingerprint density at radius 1 is 1.20 bits per heavy atom. The Balaban J connectivity index is 1.32. The highest BCUT2D eigenvalue weighted by Gasteiger charge is 2.28. The van der Waals surface area contributed by atoms with E-state index in [-0.39, 0.29) is 5.91 Å². The minimum absolute atomic E-state index is 0.00515. The zero-order valence-electron chi connectivity index (χ0n) is 14.3. The van der Waals surface area contributed by atoms with E-state index in [4.69, 9.17) is 4.42 Å². The van der Waals surface area contributed by atoms with Crippen molar-refractivity contribution in [3.05, 3.63) is 42.1 Å². The number of carbonyl (C=O) groups is 1. The Hall–Kier alpha value is -1.73. The standard InChI is InChI=1S/C18H24N4O2S/c23-18(17-3-2-16(24-17)14-22-7-1-6-19-22)21-10-8-20(9-11-21)15-4-12-25-13-5-15/h1-3,6-7,15H,4-5,8-14H2. The number of furan rings is 1. The van der Waals surface area contributed by atoms with Crippen LogP contribution in [-0.2, 0) is 6.54 Å². The first-order valence-corrected chi connectivity index (χ1v) is 10.1. The van der Waals surface area contributed by atoms with E-state index in [0.29, 0.717) is 18.3 Å². The van der Waals surface area contributed by atoms with Crippen LogP contribution in [0.25, 0.3) is 0 Å². The third-order valence-corrected chi connectivity index (χ3v) is 6.11. The van der Waals surface area contributed by atoms with Crippen LogP contribution in [0.3, 0.4) is 0 Å². The normalized spacial score (nSPS) is 20.1. The number of hydrogen-bond acceptors (Lipinski definition) is 5. The fourth-order valence-electron chi connectivity index (χ4n) is 3.63. The van der Waals surface area contributed by atoms with Crippen molar-refractivity contribution in [2.24, 2.45) is 0 Å². The Morgan fingerprint density at radius 3 is 2.72 bits per heavy atom. The van der Waals surface area contributed by atoms with Gasteiger partial charge in [-0.1, -0.05) is 0 Å². The van der Waals surface area contributed by atoms with Gasteiger partial charge in [-0.05, 0) is 42.5 Å². The van der Waals surface area contributed by atoms with Gasteiger partial charge in [0.15, 0.2) is 5.76 Å². The van der Waals surface area contributed by atoms with Gasteiger partial charge in [-0.3, -0.25) is 14.4 Å². The molecule has 2 aliphatic heterocycles. The lowest BCUT2D eigenvalue weighted by Gasteiger charge is -2.40. The summed E-state index contributed by atoms with van der Waals surface area (Å²) in [4.78, 5) is 17.2. The fourth-order valence-corrected chi connectivity index (χ4v) is 4.71. The van der Waals surface area contributed by atoms with Gasteiger partial charge in [0.05, 0.1) is 6.54 Å². The molecular formula is C18H24N4O2S. The lowest BCUT2D eigenvalue weighted by atomic mass is 10.1. The second kappa shape index (κ2) is 7.66. The van der Waals surface area contributed by atoms with Crippen molar-refractivity contribution in [2.45, 2.75) is 25.4 Å². The van der Waals surface area contributed by atoms with Crippen molar-refractivity contribution in [3.63, 3.8) is 0 Å². The molecule has 4 heterocycles. The van der Waals surface area contributed by atoms with E-state index in [9.17, 15) is 4.79 Å². The molecule has 0 spiro atoms. The summed E-state index contributed by atoms with van der Waals surface area (Å²) in [6, 6.07) is 6.23. The van der Waals surface area contributed by atoms with E-state index in [1.54, 1.807) is 16.9 Å². The molecule has 25 heavy (non-hydrogen) atoms. The van der Waals surface area contributed by atoms with Crippen LogP contribution in [0.2, 0.25) is 0 Å². The van der Waals surface area contributed by atoms with Gasteiger partial charge < -0.3 is 9.32 Å². The zero-order valence-corrected chi connectivity index (χ0v) is 15.2. The SMILES string of the molecule is O=C(c1ccc(Cn2cccn2)o1)N1CCN(C2CCSCC2)CC1. The Kier molecular flexibility index (Phi) is 5.12. The molecule has 0 saturated carbocycles. The van der Waals surface area contributed by atoms with Crippen LogP contribution in [0.5, 0.6) is 0 Å². The van der Waals surface area contributed by atoms with E-state index in [1.165, 1.54) is 24.3 Å².